The monoisotopic (exact) mass is 212 g/mol. The van der Waals surface area contributed by atoms with E-state index in [1.807, 2.05) is 0 Å². The lowest BCUT2D eigenvalue weighted by Gasteiger charge is -2.03. The smallest absolute Gasteiger partial charge is 0.242 e. The van der Waals surface area contributed by atoms with Gasteiger partial charge in [0.2, 0.25) is 11.1 Å². The summed E-state index contributed by atoms with van der Waals surface area (Å²) in [5.41, 5.74) is 0. The summed E-state index contributed by atoms with van der Waals surface area (Å²) < 4.78 is 1.44. The number of aromatic nitrogens is 4. The Balaban J connectivity index is 1.91. The van der Waals surface area contributed by atoms with Crippen LogP contribution in [0.15, 0.2) is 5.16 Å². The second-order valence-corrected chi connectivity index (χ2v) is 3.76. The van der Waals surface area contributed by atoms with Gasteiger partial charge in [-0.3, -0.25) is 4.79 Å². The molecule has 1 saturated carbocycles. The minimum absolute atomic E-state index is 0.0462. The number of tetrazole rings is 1. The first-order valence-electron chi connectivity index (χ1n) is 4.27. The van der Waals surface area contributed by atoms with E-state index in [2.05, 4.69) is 27.1 Å². The number of hydrogen-bond acceptors (Lipinski definition) is 5. The first-order valence-corrected chi connectivity index (χ1v) is 5.25. The van der Waals surface area contributed by atoms with Gasteiger partial charge in [0, 0.05) is 12.3 Å². The Labute approximate surface area is 85.4 Å². The average molecular weight is 212 g/mol. The normalized spacial score (nSPS) is 15.5. The van der Waals surface area contributed by atoms with Crippen LogP contribution in [0.5, 0.6) is 0 Å². The van der Waals surface area contributed by atoms with E-state index in [0.29, 0.717) is 11.2 Å². The molecule has 1 N–H and O–H groups in total. The minimum atomic E-state index is -0.0462. The molecule has 0 saturated heterocycles. The third kappa shape index (κ3) is 2.22. The Hall–Kier alpha value is -1.11. The van der Waals surface area contributed by atoms with Gasteiger partial charge in [-0.1, -0.05) is 11.8 Å². The summed E-state index contributed by atoms with van der Waals surface area (Å²) in [6.45, 7) is 0.168. The van der Waals surface area contributed by atoms with E-state index in [0.717, 1.165) is 12.8 Å². The third-order valence-corrected chi connectivity index (χ3v) is 2.41. The summed E-state index contributed by atoms with van der Waals surface area (Å²) in [6, 6.07) is 0.370. The van der Waals surface area contributed by atoms with Crippen molar-refractivity contribution in [2.75, 3.05) is 0 Å². The first kappa shape index (κ1) is 9.45. The van der Waals surface area contributed by atoms with Crippen LogP contribution in [0.3, 0.4) is 0 Å². The molecule has 0 aromatic carbocycles. The van der Waals surface area contributed by atoms with E-state index in [4.69, 9.17) is 0 Å². The maximum absolute atomic E-state index is 11.4. The van der Waals surface area contributed by atoms with Crippen LogP contribution < -0.4 is 5.32 Å². The molecule has 0 atom stereocenters. The highest BCUT2D eigenvalue weighted by Gasteiger charge is 2.23. The predicted octanol–water partition coefficient (Wildman–Crippen LogP) is -0.165. The molecule has 1 fully saturated rings. The van der Waals surface area contributed by atoms with Crippen molar-refractivity contribution in [2.45, 2.75) is 30.6 Å². The fourth-order valence-corrected chi connectivity index (χ4v) is 1.38. The van der Waals surface area contributed by atoms with Crippen molar-refractivity contribution in [2.24, 2.45) is 0 Å². The van der Waals surface area contributed by atoms with Gasteiger partial charge in [-0.25, -0.2) is 4.68 Å². The van der Waals surface area contributed by atoms with E-state index in [1.165, 1.54) is 16.4 Å². The van der Waals surface area contributed by atoms with Crippen LogP contribution in [0.1, 0.15) is 12.8 Å². The van der Waals surface area contributed by atoms with Gasteiger partial charge in [0.05, 0.1) is 0 Å². The summed E-state index contributed by atoms with van der Waals surface area (Å²) in [7, 11) is 0. The Morgan fingerprint density at radius 1 is 1.71 bits per heavy atom. The van der Waals surface area contributed by atoms with Gasteiger partial charge in [0.15, 0.2) is 0 Å². The lowest BCUT2D eigenvalue weighted by Crippen LogP contribution is -2.29. The molecule has 7 heteroatoms. The van der Waals surface area contributed by atoms with Gasteiger partial charge in [0.25, 0.3) is 0 Å². The summed E-state index contributed by atoms with van der Waals surface area (Å²) in [5, 5.41) is 14.3. The molecule has 1 aliphatic carbocycles. The van der Waals surface area contributed by atoms with Crippen molar-refractivity contribution in [3.05, 3.63) is 6.26 Å². The second-order valence-electron chi connectivity index (χ2n) is 3.11. The highest BCUT2D eigenvalue weighted by atomic mass is 32.2. The van der Waals surface area contributed by atoms with Gasteiger partial charge in [-0.05, 0) is 23.3 Å². The molecule has 1 aliphatic rings. The number of nitrogens with one attached hydrogen (secondary N) is 1. The van der Waals surface area contributed by atoms with Gasteiger partial charge in [0.1, 0.15) is 6.54 Å². The lowest BCUT2D eigenvalue weighted by molar-refractivity contribution is -0.122. The van der Waals surface area contributed by atoms with Gasteiger partial charge in [-0.15, -0.1) is 5.10 Å². The average Bonchev–Trinajstić information content (AvgIpc) is 2.84. The molecule has 0 spiro atoms. The minimum Gasteiger partial charge on any atom is -0.352 e. The number of thioether (sulfide) groups is 1. The van der Waals surface area contributed by atoms with Gasteiger partial charge in [-0.2, -0.15) is 0 Å². The molecule has 0 bridgehead atoms. The first-order chi connectivity index (χ1) is 6.79. The molecule has 1 heterocycles. The molecule has 0 aliphatic heterocycles. The van der Waals surface area contributed by atoms with Gasteiger partial charge < -0.3 is 5.32 Å². The van der Waals surface area contributed by atoms with Crippen LogP contribution >= 0.6 is 11.8 Å². The predicted molar refractivity (Wildman–Crippen MR) is 50.2 cm³/mol. The molecule has 75 valence electrons. The highest BCUT2D eigenvalue weighted by molar-refractivity contribution is 8.00. The van der Waals surface area contributed by atoms with Gasteiger partial charge >= 0.3 is 0 Å². The Morgan fingerprint density at radius 3 is 3.14 bits per heavy atom. The maximum atomic E-state index is 11.4. The largest absolute Gasteiger partial charge is 0.352 e. The van der Waals surface area contributed by atoms with Crippen molar-refractivity contribution in [3.63, 3.8) is 0 Å². The zero-order chi connectivity index (χ0) is 9.97. The van der Waals surface area contributed by atoms with E-state index in [-0.39, 0.29) is 12.5 Å². The van der Waals surface area contributed by atoms with Crippen molar-refractivity contribution in [1.82, 2.24) is 25.5 Å². The van der Waals surface area contributed by atoms with Crippen molar-refractivity contribution in [1.29, 1.82) is 0 Å². The van der Waals surface area contributed by atoms with Crippen LogP contribution in [-0.4, -0.2) is 32.2 Å². The second kappa shape index (κ2) is 3.95. The number of rotatable bonds is 4. The molecule has 14 heavy (non-hydrogen) atoms. The Kier molecular flexibility index (Phi) is 2.67. The molecule has 0 unspecified atom stereocenters. The molecule has 1 aromatic heterocycles. The number of carbonyl (C=O) groups is 1. The molecule has 1 radical (unpaired) electrons. The zero-order valence-corrected chi connectivity index (χ0v) is 8.33. The molecular weight excluding hydrogens is 202 g/mol. The quantitative estimate of drug-likeness (QED) is 0.702. The van der Waals surface area contributed by atoms with Crippen molar-refractivity contribution in [3.8, 4) is 0 Å². The molecular formula is C7H10N5OS. The summed E-state index contributed by atoms with van der Waals surface area (Å²) in [4.78, 5) is 11.4. The number of amides is 1. The van der Waals surface area contributed by atoms with Crippen LogP contribution in [0, 0.1) is 6.26 Å². The SMILES string of the molecule is [CH2]Sc1nnnn1CC(=O)NC1CC1. The third-order valence-electron chi connectivity index (χ3n) is 1.86. The lowest BCUT2D eigenvalue weighted by atomic mass is 10.5. The standard InChI is InChI=1S/C7H10N5OS/c1-14-7-9-10-11-12(7)4-6(13)8-5-2-3-5/h5H,1-4H2,(H,8,13). The Bertz CT molecular complexity index is 335. The van der Waals surface area contributed by atoms with Crippen molar-refractivity contribution >= 4 is 17.7 Å². The van der Waals surface area contributed by atoms with E-state index < -0.39 is 0 Å². The number of hydrogen-bond donors (Lipinski definition) is 1. The van der Waals surface area contributed by atoms with E-state index in [1.54, 1.807) is 0 Å². The number of carbonyl (C=O) groups excluding carboxylic acids is 1. The summed E-state index contributed by atoms with van der Waals surface area (Å²) in [6.07, 6.45) is 5.75. The molecule has 1 amide bonds. The van der Waals surface area contributed by atoms with Crippen LogP contribution in [0.25, 0.3) is 0 Å². The summed E-state index contributed by atoms with van der Waals surface area (Å²) >= 11 is 1.18. The fraction of sp³-hybridized carbons (Fsp3) is 0.571. The Morgan fingerprint density at radius 2 is 2.50 bits per heavy atom. The topological polar surface area (TPSA) is 72.7 Å². The van der Waals surface area contributed by atoms with E-state index in [9.17, 15) is 4.79 Å². The van der Waals surface area contributed by atoms with Crippen LogP contribution in [0.4, 0.5) is 0 Å². The number of nitrogens with zero attached hydrogens (tertiary/aromatic N) is 4. The highest BCUT2D eigenvalue weighted by Crippen LogP contribution is 2.18. The van der Waals surface area contributed by atoms with E-state index >= 15 is 0 Å². The fourth-order valence-electron chi connectivity index (χ4n) is 1.04. The zero-order valence-electron chi connectivity index (χ0n) is 7.51. The molecule has 2 rings (SSSR count). The molecule has 6 nitrogen and oxygen atoms in total. The summed E-state index contributed by atoms with van der Waals surface area (Å²) in [5.74, 6) is -0.0462. The van der Waals surface area contributed by atoms with Crippen LogP contribution in [-0.2, 0) is 11.3 Å². The van der Waals surface area contributed by atoms with Crippen LogP contribution in [0.2, 0.25) is 0 Å². The molecule has 1 aromatic rings. The maximum Gasteiger partial charge on any atom is 0.242 e. The van der Waals surface area contributed by atoms with Crippen molar-refractivity contribution < 1.29 is 4.79 Å².